The van der Waals surface area contributed by atoms with Crippen LogP contribution in [0.2, 0.25) is 0 Å². The molecule has 0 aliphatic carbocycles. The van der Waals surface area contributed by atoms with Crippen molar-refractivity contribution >= 4 is 17.2 Å². The summed E-state index contributed by atoms with van der Waals surface area (Å²) in [7, 11) is 1.81. The number of aromatic nitrogens is 3. The van der Waals surface area contributed by atoms with Crippen LogP contribution in [0.1, 0.15) is 34.0 Å². The zero-order valence-corrected chi connectivity index (χ0v) is 14.1. The molecule has 118 valence electrons. The highest BCUT2D eigenvalue weighted by Gasteiger charge is 2.21. The maximum absolute atomic E-state index is 12.6. The summed E-state index contributed by atoms with van der Waals surface area (Å²) in [5, 5.41) is 2.96. The first-order valence-electron chi connectivity index (χ1n) is 7.34. The van der Waals surface area contributed by atoms with Crippen molar-refractivity contribution in [3.05, 3.63) is 64.6 Å². The Morgan fingerprint density at radius 1 is 1.30 bits per heavy atom. The van der Waals surface area contributed by atoms with Crippen LogP contribution in [0, 0.1) is 6.92 Å². The predicted octanol–water partition coefficient (Wildman–Crippen LogP) is 3.47. The van der Waals surface area contributed by atoms with Crippen molar-refractivity contribution in [3.8, 4) is 5.69 Å². The highest BCUT2D eigenvalue weighted by atomic mass is 32.1. The maximum Gasteiger partial charge on any atom is 0.254 e. The average molecular weight is 326 g/mol. The Balaban J connectivity index is 1.77. The Labute approximate surface area is 139 Å². The predicted molar refractivity (Wildman–Crippen MR) is 90.9 cm³/mol. The molecule has 2 aromatic heterocycles. The van der Waals surface area contributed by atoms with Gasteiger partial charge in [-0.3, -0.25) is 4.79 Å². The van der Waals surface area contributed by atoms with Crippen molar-refractivity contribution in [2.45, 2.75) is 19.9 Å². The molecule has 0 unspecified atom stereocenters. The topological polar surface area (TPSA) is 51.0 Å². The van der Waals surface area contributed by atoms with E-state index in [1.807, 2.05) is 61.3 Å². The fraction of sp³-hybridized carbons (Fsp3) is 0.235. The monoisotopic (exact) mass is 326 g/mol. The third-order valence-corrected chi connectivity index (χ3v) is 4.95. The van der Waals surface area contributed by atoms with E-state index in [0.717, 1.165) is 16.4 Å². The van der Waals surface area contributed by atoms with E-state index in [0.29, 0.717) is 5.56 Å². The molecule has 2 heterocycles. The van der Waals surface area contributed by atoms with Crippen LogP contribution >= 0.6 is 11.3 Å². The first kappa shape index (κ1) is 15.4. The van der Waals surface area contributed by atoms with Gasteiger partial charge >= 0.3 is 0 Å². The van der Waals surface area contributed by atoms with E-state index in [2.05, 4.69) is 9.97 Å². The van der Waals surface area contributed by atoms with Crippen LogP contribution in [0.4, 0.5) is 0 Å². The first-order valence-corrected chi connectivity index (χ1v) is 8.22. The lowest BCUT2D eigenvalue weighted by Gasteiger charge is -2.23. The molecule has 1 aromatic carbocycles. The fourth-order valence-corrected chi connectivity index (χ4v) is 3.19. The molecule has 1 atom stereocenters. The van der Waals surface area contributed by atoms with Crippen molar-refractivity contribution < 1.29 is 4.79 Å². The SMILES string of the molecule is Cc1csc([C@H](C)N(C)C(=O)c2ccc(-n3ccnc3)cc2)n1. The van der Waals surface area contributed by atoms with Crippen LogP contribution < -0.4 is 0 Å². The molecule has 0 saturated heterocycles. The van der Waals surface area contributed by atoms with Crippen molar-refractivity contribution in [2.24, 2.45) is 0 Å². The van der Waals surface area contributed by atoms with E-state index < -0.39 is 0 Å². The summed E-state index contributed by atoms with van der Waals surface area (Å²) in [4.78, 5) is 22.9. The summed E-state index contributed by atoms with van der Waals surface area (Å²) in [6.07, 6.45) is 5.33. The third kappa shape index (κ3) is 3.17. The lowest BCUT2D eigenvalue weighted by atomic mass is 10.1. The first-order chi connectivity index (χ1) is 11.1. The number of carbonyl (C=O) groups is 1. The van der Waals surface area contributed by atoms with Gasteiger partial charge in [-0.2, -0.15) is 0 Å². The van der Waals surface area contributed by atoms with E-state index in [9.17, 15) is 4.79 Å². The largest absolute Gasteiger partial charge is 0.333 e. The van der Waals surface area contributed by atoms with Gasteiger partial charge in [0, 0.05) is 41.8 Å². The molecular formula is C17H18N4OS. The van der Waals surface area contributed by atoms with Crippen molar-refractivity contribution in [1.29, 1.82) is 0 Å². The normalized spacial score (nSPS) is 12.1. The van der Waals surface area contributed by atoms with Gasteiger partial charge in [-0.05, 0) is 38.1 Å². The van der Waals surface area contributed by atoms with Crippen LogP contribution in [0.15, 0.2) is 48.4 Å². The van der Waals surface area contributed by atoms with Gasteiger partial charge in [0.1, 0.15) is 5.01 Å². The minimum absolute atomic E-state index is 0.0115. The van der Waals surface area contributed by atoms with Gasteiger partial charge in [0.15, 0.2) is 0 Å². The molecule has 5 nitrogen and oxygen atoms in total. The number of thiazole rings is 1. The Morgan fingerprint density at radius 2 is 2.04 bits per heavy atom. The Bertz CT molecular complexity index is 792. The minimum atomic E-state index is -0.0467. The quantitative estimate of drug-likeness (QED) is 0.737. The molecule has 0 saturated carbocycles. The number of carbonyl (C=O) groups excluding carboxylic acids is 1. The summed E-state index contributed by atoms with van der Waals surface area (Å²) in [6.45, 7) is 3.96. The molecule has 0 bridgehead atoms. The molecule has 3 rings (SSSR count). The Kier molecular flexibility index (Phi) is 4.25. The second-order valence-electron chi connectivity index (χ2n) is 5.44. The van der Waals surface area contributed by atoms with Crippen LogP contribution in [-0.4, -0.2) is 32.4 Å². The van der Waals surface area contributed by atoms with Gasteiger partial charge in [0.25, 0.3) is 5.91 Å². The van der Waals surface area contributed by atoms with E-state index in [1.54, 1.807) is 28.8 Å². The molecule has 0 fully saturated rings. The number of rotatable bonds is 4. The van der Waals surface area contributed by atoms with E-state index in [4.69, 9.17) is 0 Å². The number of imidazole rings is 1. The number of hydrogen-bond donors (Lipinski definition) is 0. The molecule has 23 heavy (non-hydrogen) atoms. The number of nitrogens with zero attached hydrogens (tertiary/aromatic N) is 4. The van der Waals surface area contributed by atoms with Crippen LogP contribution in [-0.2, 0) is 0 Å². The fourth-order valence-electron chi connectivity index (χ4n) is 2.30. The maximum atomic E-state index is 12.6. The second kappa shape index (κ2) is 6.34. The molecule has 0 aliphatic rings. The van der Waals surface area contributed by atoms with E-state index in [1.165, 1.54) is 0 Å². The molecule has 0 N–H and O–H groups in total. The van der Waals surface area contributed by atoms with Gasteiger partial charge in [0.05, 0.1) is 12.4 Å². The zero-order chi connectivity index (χ0) is 16.4. The van der Waals surface area contributed by atoms with Gasteiger partial charge < -0.3 is 9.47 Å². The highest BCUT2D eigenvalue weighted by Crippen LogP contribution is 2.24. The Hall–Kier alpha value is -2.47. The third-order valence-electron chi connectivity index (χ3n) is 3.81. The summed E-state index contributed by atoms with van der Waals surface area (Å²) < 4.78 is 1.90. The zero-order valence-electron chi connectivity index (χ0n) is 13.3. The molecule has 0 spiro atoms. The van der Waals surface area contributed by atoms with Gasteiger partial charge in [0.2, 0.25) is 0 Å². The summed E-state index contributed by atoms with van der Waals surface area (Å²) in [6, 6.07) is 7.47. The van der Waals surface area contributed by atoms with Crippen molar-refractivity contribution in [1.82, 2.24) is 19.4 Å². The molecule has 6 heteroatoms. The summed E-state index contributed by atoms with van der Waals surface area (Å²) >= 11 is 1.58. The minimum Gasteiger partial charge on any atom is -0.333 e. The highest BCUT2D eigenvalue weighted by molar-refractivity contribution is 7.09. The molecular weight excluding hydrogens is 308 g/mol. The number of hydrogen-bond acceptors (Lipinski definition) is 4. The van der Waals surface area contributed by atoms with Crippen molar-refractivity contribution in [3.63, 3.8) is 0 Å². The molecule has 0 radical (unpaired) electrons. The van der Waals surface area contributed by atoms with Crippen molar-refractivity contribution in [2.75, 3.05) is 7.05 Å². The van der Waals surface area contributed by atoms with E-state index in [-0.39, 0.29) is 11.9 Å². The van der Waals surface area contributed by atoms with Gasteiger partial charge in [-0.25, -0.2) is 9.97 Å². The lowest BCUT2D eigenvalue weighted by molar-refractivity contribution is 0.0742. The smallest absolute Gasteiger partial charge is 0.254 e. The molecule has 0 aliphatic heterocycles. The van der Waals surface area contributed by atoms with Crippen LogP contribution in [0.25, 0.3) is 5.69 Å². The summed E-state index contributed by atoms with van der Waals surface area (Å²) in [5.74, 6) is -0.0115. The van der Waals surface area contributed by atoms with Crippen LogP contribution in [0.3, 0.4) is 0 Å². The van der Waals surface area contributed by atoms with Gasteiger partial charge in [-0.15, -0.1) is 11.3 Å². The summed E-state index contributed by atoms with van der Waals surface area (Å²) in [5.41, 5.74) is 2.63. The number of benzene rings is 1. The van der Waals surface area contributed by atoms with Gasteiger partial charge in [-0.1, -0.05) is 0 Å². The number of amides is 1. The Morgan fingerprint density at radius 3 is 2.61 bits per heavy atom. The second-order valence-corrected chi connectivity index (χ2v) is 6.33. The van der Waals surface area contributed by atoms with Crippen LogP contribution in [0.5, 0.6) is 0 Å². The lowest BCUT2D eigenvalue weighted by Crippen LogP contribution is -2.29. The molecule has 3 aromatic rings. The standard InChI is InChI=1S/C17H18N4OS/c1-12-10-23-16(19-12)13(2)20(3)17(22)14-4-6-15(7-5-14)21-9-8-18-11-21/h4-11,13H,1-3H3/t13-/m0/s1. The average Bonchev–Trinajstić information content (AvgIpc) is 3.24. The molecule has 1 amide bonds. The number of aryl methyl sites for hydroxylation is 1. The van der Waals surface area contributed by atoms with E-state index >= 15 is 0 Å².